The van der Waals surface area contributed by atoms with Crippen molar-refractivity contribution in [3.8, 4) is 5.75 Å². The number of hydrogen-bond donors (Lipinski definition) is 1. The van der Waals surface area contributed by atoms with Gasteiger partial charge in [0.2, 0.25) is 0 Å². The Kier molecular flexibility index (Phi) is 6.20. The first kappa shape index (κ1) is 14.1. The van der Waals surface area contributed by atoms with E-state index in [2.05, 4.69) is 0 Å². The van der Waals surface area contributed by atoms with Gasteiger partial charge in [0.05, 0.1) is 12.6 Å². The predicted molar refractivity (Wildman–Crippen MR) is 57.8 cm³/mol. The van der Waals surface area contributed by atoms with Crippen molar-refractivity contribution in [2.45, 2.75) is 19.4 Å². The van der Waals surface area contributed by atoms with Crippen molar-refractivity contribution in [1.29, 1.82) is 0 Å². The smallest absolute Gasteiger partial charge is 0.257 e. The van der Waals surface area contributed by atoms with Crippen molar-refractivity contribution in [3.05, 3.63) is 29.8 Å². The van der Waals surface area contributed by atoms with Gasteiger partial charge in [0.1, 0.15) is 5.75 Å². The van der Waals surface area contributed by atoms with Gasteiger partial charge in [-0.1, -0.05) is 12.1 Å². The largest absolute Gasteiger partial charge is 0.494 e. The SMILES string of the molecule is CCOc1ccc([C@H](N)C(F)F)cc1.Cl. The molecule has 0 aliphatic rings. The number of ether oxygens (including phenoxy) is 1. The fraction of sp³-hybridized carbons (Fsp3) is 0.400. The van der Waals surface area contributed by atoms with E-state index in [0.29, 0.717) is 17.9 Å². The van der Waals surface area contributed by atoms with Crippen molar-refractivity contribution in [2.24, 2.45) is 5.73 Å². The van der Waals surface area contributed by atoms with Gasteiger partial charge in [-0.2, -0.15) is 0 Å². The summed E-state index contributed by atoms with van der Waals surface area (Å²) < 4.78 is 29.6. The van der Waals surface area contributed by atoms with E-state index in [1.54, 1.807) is 24.3 Å². The van der Waals surface area contributed by atoms with E-state index in [4.69, 9.17) is 10.5 Å². The number of nitrogens with two attached hydrogens (primary N) is 1. The molecule has 0 radical (unpaired) electrons. The third-order valence-electron chi connectivity index (χ3n) is 1.85. The Bertz CT molecular complexity index is 279. The zero-order valence-electron chi connectivity index (χ0n) is 8.32. The lowest BCUT2D eigenvalue weighted by molar-refractivity contribution is 0.116. The Labute approximate surface area is 93.8 Å². The lowest BCUT2D eigenvalue weighted by Gasteiger charge is -2.11. The van der Waals surface area contributed by atoms with E-state index in [-0.39, 0.29) is 12.4 Å². The molecule has 0 bridgehead atoms. The van der Waals surface area contributed by atoms with Gasteiger partial charge in [-0.3, -0.25) is 0 Å². The van der Waals surface area contributed by atoms with Gasteiger partial charge in [0, 0.05) is 0 Å². The van der Waals surface area contributed by atoms with Crippen LogP contribution in [0.2, 0.25) is 0 Å². The van der Waals surface area contributed by atoms with Gasteiger partial charge in [-0.25, -0.2) is 8.78 Å². The Morgan fingerprint density at radius 2 is 1.80 bits per heavy atom. The highest BCUT2D eigenvalue weighted by atomic mass is 35.5. The summed E-state index contributed by atoms with van der Waals surface area (Å²) in [6, 6.07) is 5.18. The van der Waals surface area contributed by atoms with Crippen LogP contribution in [-0.4, -0.2) is 13.0 Å². The van der Waals surface area contributed by atoms with Crippen LogP contribution < -0.4 is 10.5 Å². The Hall–Kier alpha value is -0.870. The summed E-state index contributed by atoms with van der Waals surface area (Å²) in [6.45, 7) is 2.42. The standard InChI is InChI=1S/C10H13F2NO.ClH/c1-2-14-8-5-3-7(4-6-8)9(13)10(11)12;/h3-6,9-10H,2,13H2,1H3;1H/t9-;/m0./s1. The lowest BCUT2D eigenvalue weighted by Crippen LogP contribution is -2.18. The maximum atomic E-state index is 12.2. The number of rotatable bonds is 4. The van der Waals surface area contributed by atoms with Gasteiger partial charge in [-0.05, 0) is 24.6 Å². The van der Waals surface area contributed by atoms with E-state index in [1.165, 1.54) is 0 Å². The van der Waals surface area contributed by atoms with Crippen molar-refractivity contribution in [2.75, 3.05) is 6.61 Å². The number of hydrogen-bond acceptors (Lipinski definition) is 2. The molecule has 86 valence electrons. The summed E-state index contributed by atoms with van der Waals surface area (Å²) in [5, 5.41) is 0. The van der Waals surface area contributed by atoms with E-state index in [0.717, 1.165) is 0 Å². The van der Waals surface area contributed by atoms with Gasteiger partial charge >= 0.3 is 0 Å². The molecule has 1 aromatic carbocycles. The Morgan fingerprint density at radius 3 is 2.20 bits per heavy atom. The highest BCUT2D eigenvalue weighted by molar-refractivity contribution is 5.85. The lowest BCUT2D eigenvalue weighted by atomic mass is 10.1. The maximum Gasteiger partial charge on any atom is 0.257 e. The molecule has 0 spiro atoms. The Morgan fingerprint density at radius 1 is 1.27 bits per heavy atom. The molecule has 5 heteroatoms. The highest BCUT2D eigenvalue weighted by Gasteiger charge is 2.16. The summed E-state index contributed by atoms with van der Waals surface area (Å²) in [5.74, 6) is 0.665. The second-order valence-corrected chi connectivity index (χ2v) is 2.86. The predicted octanol–water partition coefficient (Wildman–Crippen LogP) is 2.77. The first-order chi connectivity index (χ1) is 6.65. The van der Waals surface area contributed by atoms with Crippen molar-refractivity contribution < 1.29 is 13.5 Å². The van der Waals surface area contributed by atoms with E-state index >= 15 is 0 Å². The van der Waals surface area contributed by atoms with Gasteiger partial charge in [0.15, 0.2) is 0 Å². The van der Waals surface area contributed by atoms with Crippen LogP contribution in [0.15, 0.2) is 24.3 Å². The fourth-order valence-electron chi connectivity index (χ4n) is 1.10. The fourth-order valence-corrected chi connectivity index (χ4v) is 1.10. The van der Waals surface area contributed by atoms with E-state index in [1.807, 2.05) is 6.92 Å². The van der Waals surface area contributed by atoms with Crippen LogP contribution in [0.25, 0.3) is 0 Å². The molecule has 0 fully saturated rings. The summed E-state index contributed by atoms with van der Waals surface area (Å²) >= 11 is 0. The molecule has 1 aromatic rings. The normalized spacial score (nSPS) is 12.1. The summed E-state index contributed by atoms with van der Waals surface area (Å²) in [4.78, 5) is 0. The molecule has 15 heavy (non-hydrogen) atoms. The van der Waals surface area contributed by atoms with Crippen LogP contribution >= 0.6 is 12.4 Å². The summed E-state index contributed by atoms with van der Waals surface area (Å²) in [5.41, 5.74) is 5.69. The molecule has 1 rings (SSSR count). The van der Waals surface area contributed by atoms with Crippen LogP contribution in [0.4, 0.5) is 8.78 Å². The number of halogens is 3. The second kappa shape index (κ2) is 6.58. The minimum atomic E-state index is -2.53. The van der Waals surface area contributed by atoms with Crippen LogP contribution in [0, 0.1) is 0 Å². The van der Waals surface area contributed by atoms with Crippen LogP contribution in [-0.2, 0) is 0 Å². The molecule has 2 nitrogen and oxygen atoms in total. The third-order valence-corrected chi connectivity index (χ3v) is 1.85. The van der Waals surface area contributed by atoms with Crippen molar-refractivity contribution in [1.82, 2.24) is 0 Å². The summed E-state index contributed by atoms with van der Waals surface area (Å²) in [6.07, 6.45) is -2.53. The quantitative estimate of drug-likeness (QED) is 0.874. The van der Waals surface area contributed by atoms with Gasteiger partial charge < -0.3 is 10.5 Å². The molecule has 1 atom stereocenters. The monoisotopic (exact) mass is 237 g/mol. The molecule has 0 aliphatic carbocycles. The van der Waals surface area contributed by atoms with E-state index in [9.17, 15) is 8.78 Å². The van der Waals surface area contributed by atoms with Crippen LogP contribution in [0.3, 0.4) is 0 Å². The molecule has 0 amide bonds. The zero-order chi connectivity index (χ0) is 10.6. The second-order valence-electron chi connectivity index (χ2n) is 2.86. The zero-order valence-corrected chi connectivity index (χ0v) is 9.14. The molecular formula is C10H14ClF2NO. The number of benzene rings is 1. The molecule has 0 saturated carbocycles. The maximum absolute atomic E-state index is 12.2. The number of alkyl halides is 2. The first-order valence-corrected chi connectivity index (χ1v) is 4.41. The van der Waals surface area contributed by atoms with Gasteiger partial charge in [-0.15, -0.1) is 12.4 Å². The average Bonchev–Trinajstić information content (AvgIpc) is 2.18. The van der Waals surface area contributed by atoms with Crippen molar-refractivity contribution >= 4 is 12.4 Å². The Balaban J connectivity index is 0.00000196. The highest BCUT2D eigenvalue weighted by Crippen LogP contribution is 2.20. The van der Waals surface area contributed by atoms with Crippen molar-refractivity contribution in [3.63, 3.8) is 0 Å². The van der Waals surface area contributed by atoms with Crippen LogP contribution in [0.5, 0.6) is 5.75 Å². The van der Waals surface area contributed by atoms with Crippen LogP contribution in [0.1, 0.15) is 18.5 Å². The average molecular weight is 238 g/mol. The minimum absolute atomic E-state index is 0. The minimum Gasteiger partial charge on any atom is -0.494 e. The molecule has 0 aliphatic heterocycles. The molecule has 0 heterocycles. The molecular weight excluding hydrogens is 224 g/mol. The molecule has 0 saturated heterocycles. The summed E-state index contributed by atoms with van der Waals surface area (Å²) in [7, 11) is 0. The first-order valence-electron chi connectivity index (χ1n) is 4.41. The third kappa shape index (κ3) is 4.01. The topological polar surface area (TPSA) is 35.2 Å². The molecule has 2 N–H and O–H groups in total. The van der Waals surface area contributed by atoms with E-state index < -0.39 is 12.5 Å². The van der Waals surface area contributed by atoms with Gasteiger partial charge in [0.25, 0.3) is 6.43 Å². The molecule has 0 unspecified atom stereocenters. The molecule has 0 aromatic heterocycles.